The second kappa shape index (κ2) is 8.17. The summed E-state index contributed by atoms with van der Waals surface area (Å²) in [6.07, 6.45) is 2.83. The molecule has 3 aromatic rings. The molecule has 0 atom stereocenters. The Labute approximate surface area is 169 Å². The molecule has 2 heterocycles. The average Bonchev–Trinajstić information content (AvgIpc) is 2.74. The van der Waals surface area contributed by atoms with Crippen molar-refractivity contribution in [2.75, 3.05) is 20.8 Å². The number of hydrogen-bond donors (Lipinski definition) is 0. The molecule has 4 rings (SSSR count). The number of halogens is 1. The van der Waals surface area contributed by atoms with Crippen LogP contribution in [0.1, 0.15) is 16.8 Å². The number of benzene rings is 2. The maximum absolute atomic E-state index is 5.98. The lowest BCUT2D eigenvalue weighted by molar-refractivity contribution is 0.235. The number of aromatic nitrogens is 2. The van der Waals surface area contributed by atoms with Gasteiger partial charge in [-0.25, -0.2) is 9.97 Å². The first-order chi connectivity index (χ1) is 13.7. The number of methoxy groups -OCH3 is 2. The van der Waals surface area contributed by atoms with Crippen molar-refractivity contribution in [3.05, 3.63) is 70.5 Å². The Balaban J connectivity index is 1.54. The predicted molar refractivity (Wildman–Crippen MR) is 110 cm³/mol. The molecular weight excluding hydrogens is 374 g/mol. The molecule has 5 nitrogen and oxygen atoms in total. The van der Waals surface area contributed by atoms with E-state index < -0.39 is 0 Å². The van der Waals surface area contributed by atoms with Gasteiger partial charge >= 0.3 is 0 Å². The minimum absolute atomic E-state index is 0.712. The number of rotatable bonds is 5. The Morgan fingerprint density at radius 3 is 2.43 bits per heavy atom. The molecule has 1 aliphatic heterocycles. The molecular formula is C22H22ClN3O2. The molecule has 6 heteroatoms. The molecule has 0 amide bonds. The van der Waals surface area contributed by atoms with Gasteiger partial charge in [0.25, 0.3) is 0 Å². The van der Waals surface area contributed by atoms with Crippen LogP contribution in [0.4, 0.5) is 0 Å². The summed E-state index contributed by atoms with van der Waals surface area (Å²) in [6, 6.07) is 13.5. The van der Waals surface area contributed by atoms with Crippen LogP contribution < -0.4 is 9.47 Å². The second-order valence-electron chi connectivity index (χ2n) is 6.77. The van der Waals surface area contributed by atoms with Gasteiger partial charge < -0.3 is 9.47 Å². The van der Waals surface area contributed by atoms with Gasteiger partial charge in [-0.1, -0.05) is 17.7 Å². The fourth-order valence-corrected chi connectivity index (χ4v) is 3.68. The zero-order valence-electron chi connectivity index (χ0n) is 16.0. The van der Waals surface area contributed by atoms with Crippen molar-refractivity contribution < 1.29 is 9.47 Å². The summed E-state index contributed by atoms with van der Waals surface area (Å²) in [5, 5.41) is 0.712. The highest BCUT2D eigenvalue weighted by Crippen LogP contribution is 2.31. The Morgan fingerprint density at radius 2 is 1.75 bits per heavy atom. The molecule has 144 valence electrons. The summed E-state index contributed by atoms with van der Waals surface area (Å²) in [5.74, 6) is 2.44. The van der Waals surface area contributed by atoms with Crippen molar-refractivity contribution in [3.8, 4) is 22.9 Å². The minimum atomic E-state index is 0.712. The van der Waals surface area contributed by atoms with Crippen molar-refractivity contribution in [2.24, 2.45) is 0 Å². The lowest BCUT2D eigenvalue weighted by Crippen LogP contribution is -2.31. The maximum Gasteiger partial charge on any atom is 0.159 e. The summed E-state index contributed by atoms with van der Waals surface area (Å²) in [7, 11) is 3.38. The molecule has 2 aromatic carbocycles. The monoisotopic (exact) mass is 395 g/mol. The Hall–Kier alpha value is -2.63. The zero-order valence-corrected chi connectivity index (χ0v) is 16.7. The topological polar surface area (TPSA) is 47.5 Å². The Bertz CT molecular complexity index is 954. The van der Waals surface area contributed by atoms with Crippen LogP contribution in [0.15, 0.2) is 48.7 Å². The van der Waals surface area contributed by atoms with E-state index in [1.807, 2.05) is 48.7 Å². The van der Waals surface area contributed by atoms with Crippen molar-refractivity contribution in [3.63, 3.8) is 0 Å². The van der Waals surface area contributed by atoms with Gasteiger partial charge in [0, 0.05) is 48.4 Å². The standard InChI is InChI=1S/C22H22ClN3O2/c1-27-20-4-3-5-21(28-2)18(20)14-26-11-10-19-16(13-26)12-24-22(25-19)15-6-8-17(23)9-7-15/h3-9,12H,10-11,13-14H2,1-2H3. The summed E-state index contributed by atoms with van der Waals surface area (Å²) >= 11 is 5.98. The molecule has 0 fully saturated rings. The third-order valence-corrected chi connectivity index (χ3v) is 5.28. The van der Waals surface area contributed by atoms with Crippen LogP contribution in [0, 0.1) is 0 Å². The SMILES string of the molecule is COc1cccc(OC)c1CN1CCc2nc(-c3ccc(Cl)cc3)ncc2C1. The van der Waals surface area contributed by atoms with Gasteiger partial charge in [-0.05, 0) is 36.4 Å². The van der Waals surface area contributed by atoms with Gasteiger partial charge in [-0.2, -0.15) is 0 Å². The number of nitrogens with zero attached hydrogens (tertiary/aromatic N) is 3. The highest BCUT2D eigenvalue weighted by molar-refractivity contribution is 6.30. The van der Waals surface area contributed by atoms with Crippen LogP contribution >= 0.6 is 11.6 Å². The molecule has 1 aromatic heterocycles. The summed E-state index contributed by atoms with van der Waals surface area (Å²) < 4.78 is 11.1. The predicted octanol–water partition coefficient (Wildman–Crippen LogP) is 4.37. The largest absolute Gasteiger partial charge is 0.496 e. The van der Waals surface area contributed by atoms with Crippen LogP contribution in [-0.4, -0.2) is 35.6 Å². The van der Waals surface area contributed by atoms with Gasteiger partial charge in [0.2, 0.25) is 0 Å². The molecule has 0 aliphatic carbocycles. The van der Waals surface area contributed by atoms with Gasteiger partial charge in [-0.3, -0.25) is 4.90 Å². The number of ether oxygens (including phenoxy) is 2. The third-order valence-electron chi connectivity index (χ3n) is 5.03. The minimum Gasteiger partial charge on any atom is -0.496 e. The highest BCUT2D eigenvalue weighted by atomic mass is 35.5. The van der Waals surface area contributed by atoms with Gasteiger partial charge in [0.05, 0.1) is 25.5 Å². The van der Waals surface area contributed by atoms with E-state index in [4.69, 9.17) is 26.1 Å². The Morgan fingerprint density at radius 1 is 1.04 bits per heavy atom. The quantitative estimate of drug-likeness (QED) is 0.641. The van der Waals surface area contributed by atoms with E-state index in [0.717, 1.165) is 65.8 Å². The van der Waals surface area contributed by atoms with E-state index >= 15 is 0 Å². The van der Waals surface area contributed by atoms with Crippen LogP contribution in [-0.2, 0) is 19.5 Å². The van der Waals surface area contributed by atoms with Crippen LogP contribution in [0.3, 0.4) is 0 Å². The van der Waals surface area contributed by atoms with E-state index in [9.17, 15) is 0 Å². The third kappa shape index (κ3) is 3.81. The molecule has 0 bridgehead atoms. The molecule has 0 spiro atoms. The summed E-state index contributed by atoms with van der Waals surface area (Å²) in [4.78, 5) is 11.7. The second-order valence-corrected chi connectivity index (χ2v) is 7.21. The summed E-state index contributed by atoms with van der Waals surface area (Å²) in [6.45, 7) is 2.48. The first-order valence-corrected chi connectivity index (χ1v) is 9.58. The van der Waals surface area contributed by atoms with E-state index in [1.54, 1.807) is 14.2 Å². The van der Waals surface area contributed by atoms with E-state index in [-0.39, 0.29) is 0 Å². The average molecular weight is 396 g/mol. The smallest absolute Gasteiger partial charge is 0.159 e. The first-order valence-electron chi connectivity index (χ1n) is 9.21. The van der Waals surface area contributed by atoms with E-state index in [0.29, 0.717) is 5.02 Å². The molecule has 28 heavy (non-hydrogen) atoms. The normalized spacial score (nSPS) is 13.8. The Kier molecular flexibility index (Phi) is 5.46. The zero-order chi connectivity index (χ0) is 19.5. The lowest BCUT2D eigenvalue weighted by Gasteiger charge is -2.29. The fourth-order valence-electron chi connectivity index (χ4n) is 3.56. The molecule has 0 saturated carbocycles. The van der Waals surface area contributed by atoms with E-state index in [1.165, 1.54) is 0 Å². The van der Waals surface area contributed by atoms with Crippen molar-refractivity contribution in [1.29, 1.82) is 0 Å². The van der Waals surface area contributed by atoms with E-state index in [2.05, 4.69) is 9.88 Å². The van der Waals surface area contributed by atoms with Crippen molar-refractivity contribution in [2.45, 2.75) is 19.5 Å². The number of hydrogen-bond acceptors (Lipinski definition) is 5. The van der Waals surface area contributed by atoms with Gasteiger partial charge in [0.15, 0.2) is 5.82 Å². The van der Waals surface area contributed by atoms with Crippen LogP contribution in [0.25, 0.3) is 11.4 Å². The number of fused-ring (bicyclic) bond motifs is 1. The molecule has 0 N–H and O–H groups in total. The van der Waals surface area contributed by atoms with Crippen LogP contribution in [0.2, 0.25) is 5.02 Å². The first kappa shape index (κ1) is 18.7. The van der Waals surface area contributed by atoms with Crippen molar-refractivity contribution in [1.82, 2.24) is 14.9 Å². The summed E-state index contributed by atoms with van der Waals surface area (Å²) in [5.41, 5.74) is 4.32. The van der Waals surface area contributed by atoms with Gasteiger partial charge in [-0.15, -0.1) is 0 Å². The highest BCUT2D eigenvalue weighted by Gasteiger charge is 2.21. The van der Waals surface area contributed by atoms with Crippen molar-refractivity contribution >= 4 is 11.6 Å². The van der Waals surface area contributed by atoms with Crippen LogP contribution in [0.5, 0.6) is 11.5 Å². The molecule has 0 radical (unpaired) electrons. The van der Waals surface area contributed by atoms with Gasteiger partial charge in [0.1, 0.15) is 11.5 Å². The lowest BCUT2D eigenvalue weighted by atomic mass is 10.0. The molecule has 0 unspecified atom stereocenters. The maximum atomic E-state index is 5.98. The fraction of sp³-hybridized carbons (Fsp3) is 0.273. The molecule has 0 saturated heterocycles. The molecule has 1 aliphatic rings.